The molecule has 0 spiro atoms. The fraction of sp³-hybridized carbons (Fsp3) is 0.343. The van der Waals surface area contributed by atoms with Crippen LogP contribution >= 0.6 is 11.3 Å². The molecule has 5 rings (SSSR count). The number of hydrogen-bond acceptors (Lipinski definition) is 5. The highest BCUT2D eigenvalue weighted by atomic mass is 32.1. The van der Waals surface area contributed by atoms with E-state index in [0.29, 0.717) is 12.1 Å². The second kappa shape index (κ2) is 14.3. The molecule has 0 unspecified atom stereocenters. The molecule has 4 aromatic rings. The summed E-state index contributed by atoms with van der Waals surface area (Å²) in [7, 11) is 0. The van der Waals surface area contributed by atoms with E-state index in [-0.39, 0.29) is 18.9 Å². The van der Waals surface area contributed by atoms with Gasteiger partial charge in [0.1, 0.15) is 0 Å². The summed E-state index contributed by atoms with van der Waals surface area (Å²) >= 11 is 1.65. The maximum atomic E-state index is 12.4. The van der Waals surface area contributed by atoms with Crippen LogP contribution in [0.4, 0.5) is 10.8 Å². The molecule has 0 atom stereocenters. The van der Waals surface area contributed by atoms with E-state index in [9.17, 15) is 9.59 Å². The molecule has 218 valence electrons. The van der Waals surface area contributed by atoms with E-state index >= 15 is 0 Å². The van der Waals surface area contributed by atoms with Crippen LogP contribution in [0.15, 0.2) is 72.1 Å². The van der Waals surface area contributed by atoms with Gasteiger partial charge in [-0.05, 0) is 85.0 Å². The molecule has 0 radical (unpaired) electrons. The smallest absolute Gasteiger partial charge is 0.305 e. The van der Waals surface area contributed by atoms with Crippen LogP contribution in [0, 0.1) is 0 Å². The molecule has 0 bridgehead atoms. The number of hydrogen-bond donors (Lipinski definition) is 2. The number of unbranched alkanes of at least 4 members (excludes halogenated alkanes) is 2. The number of benzene rings is 3. The number of aryl methyl sites for hydroxylation is 3. The van der Waals surface area contributed by atoms with Gasteiger partial charge in [0.05, 0.1) is 18.7 Å². The molecule has 0 aliphatic heterocycles. The third-order valence-corrected chi connectivity index (χ3v) is 8.73. The van der Waals surface area contributed by atoms with Gasteiger partial charge in [0.25, 0.3) is 5.91 Å². The van der Waals surface area contributed by atoms with E-state index in [2.05, 4.69) is 65.0 Å². The monoisotopic (exact) mass is 581 g/mol. The molecule has 6 nitrogen and oxygen atoms in total. The SMILES string of the molecule is CCCCCc1ccc(-c2csc(N(Cc3ccc(C(=O)NCCC(=O)O)cc3)c3ccc4c(c3)CCCC4)n2)cc1. The lowest BCUT2D eigenvalue weighted by Crippen LogP contribution is -2.26. The Kier molecular flexibility index (Phi) is 10.0. The van der Waals surface area contributed by atoms with Crippen LogP contribution in [-0.4, -0.2) is 28.5 Å². The van der Waals surface area contributed by atoms with Gasteiger partial charge in [0.2, 0.25) is 0 Å². The van der Waals surface area contributed by atoms with Crippen molar-refractivity contribution in [3.05, 3.63) is 99.9 Å². The van der Waals surface area contributed by atoms with Crippen molar-refractivity contribution in [2.75, 3.05) is 11.4 Å². The maximum Gasteiger partial charge on any atom is 0.305 e. The zero-order chi connectivity index (χ0) is 29.3. The molecular weight excluding hydrogens is 542 g/mol. The summed E-state index contributed by atoms with van der Waals surface area (Å²) in [6.07, 6.45) is 9.46. The number of carbonyl (C=O) groups is 2. The van der Waals surface area contributed by atoms with Crippen molar-refractivity contribution in [1.82, 2.24) is 10.3 Å². The molecule has 1 aliphatic rings. The Morgan fingerprint density at radius 2 is 1.67 bits per heavy atom. The van der Waals surface area contributed by atoms with Crippen LogP contribution in [0.3, 0.4) is 0 Å². The zero-order valence-corrected chi connectivity index (χ0v) is 25.1. The molecule has 1 amide bonds. The highest BCUT2D eigenvalue weighted by Crippen LogP contribution is 2.36. The molecule has 1 heterocycles. The van der Waals surface area contributed by atoms with Crippen molar-refractivity contribution in [3.63, 3.8) is 0 Å². The Morgan fingerprint density at radius 3 is 2.40 bits per heavy atom. The molecule has 0 saturated carbocycles. The minimum Gasteiger partial charge on any atom is -0.481 e. The second-order valence-corrected chi connectivity index (χ2v) is 11.8. The third-order valence-electron chi connectivity index (χ3n) is 7.87. The predicted molar refractivity (Wildman–Crippen MR) is 171 cm³/mol. The summed E-state index contributed by atoms with van der Waals surface area (Å²) in [5.74, 6) is -1.20. The van der Waals surface area contributed by atoms with Crippen LogP contribution in [0.25, 0.3) is 11.3 Å². The number of carbonyl (C=O) groups excluding carboxylic acids is 1. The highest BCUT2D eigenvalue weighted by molar-refractivity contribution is 7.14. The molecule has 7 heteroatoms. The number of nitrogens with zero attached hydrogens (tertiary/aromatic N) is 2. The Labute approximate surface area is 252 Å². The first-order valence-corrected chi connectivity index (χ1v) is 15.9. The summed E-state index contributed by atoms with van der Waals surface area (Å²) in [5, 5.41) is 14.6. The van der Waals surface area contributed by atoms with Crippen LogP contribution in [0.1, 0.15) is 78.1 Å². The number of amides is 1. The Bertz CT molecular complexity index is 1490. The summed E-state index contributed by atoms with van der Waals surface area (Å²) in [6.45, 7) is 2.95. The standard InChI is InChI=1S/C35H39N3O3S/c1-2-3-4-7-25-10-14-28(15-11-25)32-24-42-35(37-32)38(31-19-18-27-8-5-6-9-30(27)22-31)23-26-12-16-29(17-13-26)34(41)36-21-20-33(39)40/h10-19,22,24H,2-9,20-21,23H2,1H3,(H,36,41)(H,39,40). The van der Waals surface area contributed by atoms with Crippen molar-refractivity contribution >= 4 is 34.0 Å². The van der Waals surface area contributed by atoms with E-state index in [1.54, 1.807) is 23.5 Å². The third kappa shape index (κ3) is 7.65. The summed E-state index contributed by atoms with van der Waals surface area (Å²) in [4.78, 5) is 30.6. The molecule has 42 heavy (non-hydrogen) atoms. The minimum atomic E-state index is -0.933. The maximum absolute atomic E-state index is 12.4. The molecule has 1 aliphatic carbocycles. The lowest BCUT2D eigenvalue weighted by molar-refractivity contribution is -0.136. The van der Waals surface area contributed by atoms with Gasteiger partial charge in [-0.25, -0.2) is 4.98 Å². The molecular formula is C35H39N3O3S. The Balaban J connectivity index is 1.37. The van der Waals surface area contributed by atoms with E-state index in [1.165, 1.54) is 48.8 Å². The van der Waals surface area contributed by atoms with Crippen molar-refractivity contribution in [3.8, 4) is 11.3 Å². The number of thiazole rings is 1. The molecule has 2 N–H and O–H groups in total. The van der Waals surface area contributed by atoms with Crippen LogP contribution in [-0.2, 0) is 30.6 Å². The first-order valence-electron chi connectivity index (χ1n) is 15.0. The van der Waals surface area contributed by atoms with E-state index in [4.69, 9.17) is 10.1 Å². The normalized spacial score (nSPS) is 12.5. The van der Waals surface area contributed by atoms with Crippen LogP contribution < -0.4 is 10.2 Å². The van der Waals surface area contributed by atoms with E-state index < -0.39 is 5.97 Å². The number of aliphatic carboxylic acids is 1. The quantitative estimate of drug-likeness (QED) is 0.157. The van der Waals surface area contributed by atoms with Gasteiger partial charge in [0.15, 0.2) is 5.13 Å². The number of aromatic nitrogens is 1. The molecule has 0 saturated heterocycles. The number of nitrogens with one attached hydrogen (secondary N) is 1. The van der Waals surface area contributed by atoms with Crippen LogP contribution in [0.5, 0.6) is 0 Å². The highest BCUT2D eigenvalue weighted by Gasteiger charge is 2.18. The van der Waals surface area contributed by atoms with Crippen molar-refractivity contribution in [1.29, 1.82) is 0 Å². The number of carboxylic acid groups (broad SMARTS) is 1. The van der Waals surface area contributed by atoms with E-state index in [0.717, 1.165) is 46.9 Å². The lowest BCUT2D eigenvalue weighted by atomic mass is 9.91. The van der Waals surface area contributed by atoms with Gasteiger partial charge >= 0.3 is 5.97 Å². The summed E-state index contributed by atoms with van der Waals surface area (Å²) in [5.41, 5.74) is 9.04. The van der Waals surface area contributed by atoms with Gasteiger partial charge in [-0.3, -0.25) is 9.59 Å². The first-order chi connectivity index (χ1) is 20.5. The molecule has 0 fully saturated rings. The topological polar surface area (TPSA) is 82.5 Å². The fourth-order valence-corrected chi connectivity index (χ4v) is 6.28. The summed E-state index contributed by atoms with van der Waals surface area (Å²) in [6, 6.07) is 23.1. The number of anilines is 2. The Morgan fingerprint density at radius 1 is 0.929 bits per heavy atom. The van der Waals surface area contributed by atoms with Crippen LogP contribution in [0.2, 0.25) is 0 Å². The van der Waals surface area contributed by atoms with E-state index in [1.807, 2.05) is 12.1 Å². The summed E-state index contributed by atoms with van der Waals surface area (Å²) < 4.78 is 0. The predicted octanol–water partition coefficient (Wildman–Crippen LogP) is 7.96. The minimum absolute atomic E-state index is 0.0987. The van der Waals surface area contributed by atoms with Gasteiger partial charge in [0, 0.05) is 28.7 Å². The number of fused-ring (bicyclic) bond motifs is 1. The number of carboxylic acids is 1. The van der Waals surface area contributed by atoms with Gasteiger partial charge in [-0.1, -0.05) is 62.2 Å². The van der Waals surface area contributed by atoms with Crippen molar-refractivity contribution in [2.24, 2.45) is 0 Å². The van der Waals surface area contributed by atoms with Gasteiger partial charge < -0.3 is 15.3 Å². The average Bonchev–Trinajstić information content (AvgIpc) is 3.50. The van der Waals surface area contributed by atoms with Crippen molar-refractivity contribution in [2.45, 2.75) is 71.3 Å². The zero-order valence-electron chi connectivity index (χ0n) is 24.3. The fourth-order valence-electron chi connectivity index (χ4n) is 5.43. The first kappa shape index (κ1) is 29.5. The average molecular weight is 582 g/mol. The molecule has 3 aromatic carbocycles. The molecule has 1 aromatic heterocycles. The number of rotatable bonds is 13. The van der Waals surface area contributed by atoms with Crippen molar-refractivity contribution < 1.29 is 14.7 Å². The largest absolute Gasteiger partial charge is 0.481 e. The lowest BCUT2D eigenvalue weighted by Gasteiger charge is -2.25. The second-order valence-electron chi connectivity index (χ2n) is 11.0. The van der Waals surface area contributed by atoms with Gasteiger partial charge in [-0.2, -0.15) is 0 Å². The van der Waals surface area contributed by atoms with Gasteiger partial charge in [-0.15, -0.1) is 11.3 Å². The Hall–Kier alpha value is -3.97.